The first kappa shape index (κ1) is 19.2. The number of anilines is 1. The summed E-state index contributed by atoms with van der Waals surface area (Å²) in [6, 6.07) is 14.4. The molecule has 3 aromatic rings. The smallest absolute Gasteiger partial charge is 0.270 e. The van der Waals surface area contributed by atoms with Crippen LogP contribution < -0.4 is 10.2 Å². The normalized spacial score (nSPS) is 15.1. The van der Waals surface area contributed by atoms with Crippen LogP contribution in [0, 0.1) is 5.82 Å². The van der Waals surface area contributed by atoms with E-state index in [1.54, 1.807) is 22.6 Å². The van der Waals surface area contributed by atoms with Crippen molar-refractivity contribution in [3.8, 4) is 0 Å². The molecule has 0 spiro atoms. The van der Waals surface area contributed by atoms with E-state index < -0.39 is 0 Å². The molecule has 0 radical (unpaired) electrons. The number of amides is 2. The van der Waals surface area contributed by atoms with Gasteiger partial charge in [0.05, 0.1) is 11.2 Å². The topological polar surface area (TPSA) is 54.3 Å². The molecule has 1 atom stereocenters. The van der Waals surface area contributed by atoms with Crippen molar-refractivity contribution in [1.29, 1.82) is 0 Å². The van der Waals surface area contributed by atoms with E-state index >= 15 is 0 Å². The van der Waals surface area contributed by atoms with Crippen LogP contribution >= 0.6 is 0 Å². The van der Waals surface area contributed by atoms with Gasteiger partial charge < -0.3 is 14.8 Å². The third kappa shape index (κ3) is 3.50. The van der Waals surface area contributed by atoms with Crippen molar-refractivity contribution >= 4 is 28.4 Å². The van der Waals surface area contributed by atoms with Crippen LogP contribution in [0.5, 0.6) is 0 Å². The summed E-state index contributed by atoms with van der Waals surface area (Å²) in [7, 11) is 1.78. The molecule has 0 saturated carbocycles. The highest BCUT2D eigenvalue weighted by atomic mass is 19.1. The monoisotopic (exact) mass is 393 g/mol. The maximum absolute atomic E-state index is 14.0. The van der Waals surface area contributed by atoms with Crippen LogP contribution in [-0.4, -0.2) is 29.5 Å². The Bertz CT molecular complexity index is 1070. The average Bonchev–Trinajstić information content (AvgIpc) is 3.26. The van der Waals surface area contributed by atoms with Gasteiger partial charge in [0.1, 0.15) is 11.5 Å². The summed E-state index contributed by atoms with van der Waals surface area (Å²) in [5, 5.41) is 3.59. The van der Waals surface area contributed by atoms with E-state index in [4.69, 9.17) is 0 Å². The van der Waals surface area contributed by atoms with Crippen LogP contribution in [0.25, 0.3) is 10.9 Å². The molecule has 1 N–H and O–H groups in total. The fourth-order valence-corrected chi connectivity index (χ4v) is 4.04. The number of benzene rings is 2. The molecule has 2 heterocycles. The van der Waals surface area contributed by atoms with E-state index in [9.17, 15) is 14.0 Å². The fraction of sp³-hybridized carbons (Fsp3) is 0.304. The lowest BCUT2D eigenvalue weighted by Crippen LogP contribution is -2.32. The Morgan fingerprint density at radius 2 is 1.97 bits per heavy atom. The number of nitrogens with zero attached hydrogens (tertiary/aromatic N) is 2. The van der Waals surface area contributed by atoms with Gasteiger partial charge in [-0.2, -0.15) is 0 Å². The molecule has 4 rings (SSSR count). The molecule has 1 aliphatic heterocycles. The molecule has 1 aliphatic rings. The average molecular weight is 393 g/mol. The van der Waals surface area contributed by atoms with Crippen molar-refractivity contribution in [1.82, 2.24) is 9.88 Å². The Kier molecular flexibility index (Phi) is 5.09. The second-order valence-electron chi connectivity index (χ2n) is 7.59. The number of nitrogens with one attached hydrogen (secondary N) is 1. The molecule has 2 amide bonds. The summed E-state index contributed by atoms with van der Waals surface area (Å²) in [5.74, 6) is -0.542. The predicted molar refractivity (Wildman–Crippen MR) is 112 cm³/mol. The number of aromatic nitrogens is 1. The minimum atomic E-state index is -0.388. The van der Waals surface area contributed by atoms with Crippen LogP contribution in [0.4, 0.5) is 10.1 Å². The first-order valence-corrected chi connectivity index (χ1v) is 9.89. The summed E-state index contributed by atoms with van der Waals surface area (Å²) >= 11 is 0. The van der Waals surface area contributed by atoms with Gasteiger partial charge in [0.15, 0.2) is 0 Å². The molecule has 1 fully saturated rings. The Hall–Kier alpha value is -3.15. The van der Waals surface area contributed by atoms with E-state index in [0.717, 1.165) is 17.5 Å². The Morgan fingerprint density at radius 1 is 1.21 bits per heavy atom. The lowest BCUT2D eigenvalue weighted by atomic mass is 10.0. The SMILES string of the molecule is CC(CNC(=O)c1c(N2CCCC2=O)c2cc(F)ccc2n1C)c1ccccc1. The molecule has 1 aromatic heterocycles. The highest BCUT2D eigenvalue weighted by Gasteiger charge is 2.31. The van der Waals surface area contributed by atoms with Crippen LogP contribution in [0.2, 0.25) is 0 Å². The van der Waals surface area contributed by atoms with Gasteiger partial charge in [-0.3, -0.25) is 9.59 Å². The van der Waals surface area contributed by atoms with Gasteiger partial charge in [-0.1, -0.05) is 37.3 Å². The molecule has 1 saturated heterocycles. The number of carbonyl (C=O) groups excluding carboxylic acids is 2. The first-order valence-electron chi connectivity index (χ1n) is 9.89. The Balaban J connectivity index is 1.69. The number of hydrogen-bond donors (Lipinski definition) is 1. The third-order valence-electron chi connectivity index (χ3n) is 5.63. The van der Waals surface area contributed by atoms with E-state index in [1.807, 2.05) is 30.3 Å². The molecular formula is C23H24FN3O2. The zero-order valence-electron chi connectivity index (χ0n) is 16.6. The summed E-state index contributed by atoms with van der Waals surface area (Å²) in [4.78, 5) is 27.2. The molecule has 2 aromatic carbocycles. The second kappa shape index (κ2) is 7.70. The maximum Gasteiger partial charge on any atom is 0.270 e. The maximum atomic E-state index is 14.0. The quantitative estimate of drug-likeness (QED) is 0.713. The van der Waals surface area contributed by atoms with Crippen LogP contribution in [0.3, 0.4) is 0 Å². The van der Waals surface area contributed by atoms with Gasteiger partial charge in [-0.05, 0) is 36.1 Å². The molecule has 0 bridgehead atoms. The van der Waals surface area contributed by atoms with Crippen molar-refractivity contribution in [3.05, 3.63) is 65.6 Å². The Labute approximate surface area is 169 Å². The van der Waals surface area contributed by atoms with Crippen molar-refractivity contribution in [2.24, 2.45) is 7.05 Å². The van der Waals surface area contributed by atoms with Crippen LogP contribution in [-0.2, 0) is 11.8 Å². The lowest BCUT2D eigenvalue weighted by molar-refractivity contribution is -0.117. The van der Waals surface area contributed by atoms with E-state index in [0.29, 0.717) is 36.3 Å². The van der Waals surface area contributed by atoms with E-state index in [2.05, 4.69) is 12.2 Å². The summed E-state index contributed by atoms with van der Waals surface area (Å²) < 4.78 is 15.7. The summed E-state index contributed by atoms with van der Waals surface area (Å²) in [5.41, 5.74) is 2.76. The highest BCUT2D eigenvalue weighted by molar-refractivity contribution is 6.14. The molecule has 1 unspecified atom stereocenters. The number of fused-ring (bicyclic) bond motifs is 1. The van der Waals surface area contributed by atoms with Crippen molar-refractivity contribution < 1.29 is 14.0 Å². The minimum Gasteiger partial charge on any atom is -0.350 e. The number of aryl methyl sites for hydroxylation is 1. The van der Waals surface area contributed by atoms with Crippen LogP contribution in [0.1, 0.15) is 41.7 Å². The molecule has 5 nitrogen and oxygen atoms in total. The predicted octanol–water partition coefficient (Wildman–Crippen LogP) is 3.98. The van der Waals surface area contributed by atoms with Crippen molar-refractivity contribution in [3.63, 3.8) is 0 Å². The second-order valence-corrected chi connectivity index (χ2v) is 7.59. The van der Waals surface area contributed by atoms with Crippen LogP contribution in [0.15, 0.2) is 48.5 Å². The van der Waals surface area contributed by atoms with Crippen molar-refractivity contribution in [2.45, 2.75) is 25.7 Å². The van der Waals surface area contributed by atoms with Gasteiger partial charge in [0.25, 0.3) is 5.91 Å². The van der Waals surface area contributed by atoms with Gasteiger partial charge in [-0.25, -0.2) is 4.39 Å². The molecule has 150 valence electrons. The van der Waals surface area contributed by atoms with Gasteiger partial charge in [0, 0.05) is 31.9 Å². The van der Waals surface area contributed by atoms with E-state index in [1.165, 1.54) is 12.1 Å². The van der Waals surface area contributed by atoms with Gasteiger partial charge in [0.2, 0.25) is 5.91 Å². The minimum absolute atomic E-state index is 0.0338. The van der Waals surface area contributed by atoms with E-state index in [-0.39, 0.29) is 23.5 Å². The number of hydrogen-bond acceptors (Lipinski definition) is 2. The molecule has 0 aliphatic carbocycles. The highest BCUT2D eigenvalue weighted by Crippen LogP contribution is 2.36. The summed E-state index contributed by atoms with van der Waals surface area (Å²) in [6.07, 6.45) is 1.18. The van der Waals surface area contributed by atoms with Gasteiger partial charge >= 0.3 is 0 Å². The standard InChI is InChI=1S/C23H24FN3O2/c1-15(16-7-4-3-5-8-16)14-25-23(29)22-21(27-12-6-9-20(27)28)18-13-17(24)10-11-19(18)26(22)2/h3-5,7-8,10-11,13,15H,6,9,12,14H2,1-2H3,(H,25,29). The number of carbonyl (C=O) groups is 2. The number of halogens is 1. The van der Waals surface area contributed by atoms with Crippen molar-refractivity contribution in [2.75, 3.05) is 18.0 Å². The van der Waals surface area contributed by atoms with Gasteiger partial charge in [-0.15, -0.1) is 0 Å². The lowest BCUT2D eigenvalue weighted by Gasteiger charge is -2.19. The first-order chi connectivity index (χ1) is 14.0. The zero-order chi connectivity index (χ0) is 20.5. The number of rotatable bonds is 5. The molecular weight excluding hydrogens is 369 g/mol. The summed E-state index contributed by atoms with van der Waals surface area (Å²) in [6.45, 7) is 3.05. The fourth-order valence-electron chi connectivity index (χ4n) is 4.04. The molecule has 29 heavy (non-hydrogen) atoms. The zero-order valence-corrected chi connectivity index (χ0v) is 16.6. The molecule has 6 heteroatoms. The third-order valence-corrected chi connectivity index (χ3v) is 5.63. The largest absolute Gasteiger partial charge is 0.350 e. The Morgan fingerprint density at radius 3 is 2.66 bits per heavy atom.